The molecule has 1 aromatic carbocycles. The SMILES string of the molecule is CC(C)CN1CCC2(Cc3ccc(C(=O)NO)cc3C2)C1=O. The van der Waals surface area contributed by atoms with Crippen LogP contribution in [0.2, 0.25) is 0 Å². The van der Waals surface area contributed by atoms with E-state index in [1.54, 1.807) is 17.6 Å². The van der Waals surface area contributed by atoms with E-state index in [4.69, 9.17) is 5.21 Å². The summed E-state index contributed by atoms with van der Waals surface area (Å²) in [6.45, 7) is 5.90. The Morgan fingerprint density at radius 3 is 2.77 bits per heavy atom. The molecule has 2 amide bonds. The molecule has 5 nitrogen and oxygen atoms in total. The van der Waals surface area contributed by atoms with Gasteiger partial charge in [0, 0.05) is 18.7 Å². The Hall–Kier alpha value is -1.88. The van der Waals surface area contributed by atoms with Gasteiger partial charge in [-0.05, 0) is 48.4 Å². The van der Waals surface area contributed by atoms with Crippen LogP contribution in [0.1, 0.15) is 41.8 Å². The molecule has 1 saturated heterocycles. The fourth-order valence-electron chi connectivity index (χ4n) is 3.80. The van der Waals surface area contributed by atoms with Gasteiger partial charge in [0.2, 0.25) is 5.91 Å². The van der Waals surface area contributed by atoms with Gasteiger partial charge in [0.1, 0.15) is 0 Å². The highest BCUT2D eigenvalue weighted by atomic mass is 16.5. The second-order valence-corrected chi connectivity index (χ2v) is 6.95. The van der Waals surface area contributed by atoms with Crippen LogP contribution in [0.4, 0.5) is 0 Å². The van der Waals surface area contributed by atoms with Gasteiger partial charge >= 0.3 is 0 Å². The molecule has 1 heterocycles. The molecule has 3 rings (SSSR count). The summed E-state index contributed by atoms with van der Waals surface area (Å²) in [7, 11) is 0. The molecule has 22 heavy (non-hydrogen) atoms. The molecular weight excluding hydrogens is 280 g/mol. The lowest BCUT2D eigenvalue weighted by Crippen LogP contribution is -2.37. The quantitative estimate of drug-likeness (QED) is 0.660. The van der Waals surface area contributed by atoms with E-state index in [0.29, 0.717) is 17.9 Å². The number of amides is 2. The average molecular weight is 302 g/mol. The number of carbonyl (C=O) groups is 2. The first kappa shape index (κ1) is 15.0. The predicted octanol–water partition coefficient (Wildman–Crippen LogP) is 1.78. The smallest absolute Gasteiger partial charge is 0.274 e. The number of carbonyl (C=O) groups excluding carboxylic acids is 2. The van der Waals surface area contributed by atoms with E-state index in [2.05, 4.69) is 13.8 Å². The zero-order chi connectivity index (χ0) is 15.9. The van der Waals surface area contributed by atoms with Gasteiger partial charge in [0.15, 0.2) is 0 Å². The second-order valence-electron chi connectivity index (χ2n) is 6.95. The third-order valence-electron chi connectivity index (χ3n) is 4.81. The number of nitrogens with one attached hydrogen (secondary N) is 1. The molecule has 0 radical (unpaired) electrons. The van der Waals surface area contributed by atoms with Crippen LogP contribution >= 0.6 is 0 Å². The minimum atomic E-state index is -0.511. The van der Waals surface area contributed by atoms with Crippen molar-refractivity contribution < 1.29 is 14.8 Å². The lowest BCUT2D eigenvalue weighted by atomic mass is 9.83. The number of likely N-dealkylation sites (tertiary alicyclic amines) is 1. The van der Waals surface area contributed by atoms with Gasteiger partial charge in [-0.1, -0.05) is 19.9 Å². The van der Waals surface area contributed by atoms with Gasteiger partial charge in [-0.2, -0.15) is 0 Å². The van der Waals surface area contributed by atoms with Crippen molar-refractivity contribution in [1.82, 2.24) is 10.4 Å². The number of rotatable bonds is 3. The number of hydroxylamine groups is 1. The van der Waals surface area contributed by atoms with Gasteiger partial charge < -0.3 is 4.90 Å². The Morgan fingerprint density at radius 2 is 2.09 bits per heavy atom. The Labute approximate surface area is 130 Å². The van der Waals surface area contributed by atoms with Crippen molar-refractivity contribution in [3.05, 3.63) is 34.9 Å². The number of benzene rings is 1. The molecule has 1 aromatic rings. The van der Waals surface area contributed by atoms with E-state index in [0.717, 1.165) is 37.1 Å². The molecular formula is C17H22N2O3. The number of hydrogen-bond acceptors (Lipinski definition) is 3. The minimum Gasteiger partial charge on any atom is -0.342 e. The molecule has 1 spiro atoms. The van der Waals surface area contributed by atoms with Crippen LogP contribution in [0.3, 0.4) is 0 Å². The highest BCUT2D eigenvalue weighted by Crippen LogP contribution is 2.45. The lowest BCUT2D eigenvalue weighted by molar-refractivity contribution is -0.136. The zero-order valence-electron chi connectivity index (χ0n) is 13.1. The maximum atomic E-state index is 12.8. The number of fused-ring (bicyclic) bond motifs is 1. The molecule has 1 atom stereocenters. The van der Waals surface area contributed by atoms with Crippen molar-refractivity contribution in [2.24, 2.45) is 11.3 Å². The zero-order valence-corrected chi connectivity index (χ0v) is 13.1. The van der Waals surface area contributed by atoms with E-state index >= 15 is 0 Å². The Kier molecular flexibility index (Phi) is 3.68. The molecule has 2 aliphatic rings. The van der Waals surface area contributed by atoms with Crippen molar-refractivity contribution in [2.75, 3.05) is 13.1 Å². The molecule has 0 saturated carbocycles. The van der Waals surface area contributed by atoms with Gasteiger partial charge in [0.25, 0.3) is 5.91 Å². The second kappa shape index (κ2) is 5.39. The fourth-order valence-corrected chi connectivity index (χ4v) is 3.80. The third kappa shape index (κ3) is 2.39. The summed E-state index contributed by atoms with van der Waals surface area (Å²) in [6, 6.07) is 5.41. The van der Waals surface area contributed by atoms with Crippen molar-refractivity contribution in [3.8, 4) is 0 Å². The van der Waals surface area contributed by atoms with Gasteiger partial charge in [-0.25, -0.2) is 5.48 Å². The molecule has 5 heteroatoms. The summed E-state index contributed by atoms with van der Waals surface area (Å²) in [5.74, 6) is 0.219. The summed E-state index contributed by atoms with van der Waals surface area (Å²) in [5, 5.41) is 8.74. The average Bonchev–Trinajstić information content (AvgIpc) is 3.00. The summed E-state index contributed by atoms with van der Waals surface area (Å²) in [6.07, 6.45) is 2.34. The molecule has 1 fully saturated rings. The maximum Gasteiger partial charge on any atom is 0.274 e. The number of nitrogens with zero attached hydrogens (tertiary/aromatic N) is 1. The first-order chi connectivity index (χ1) is 10.4. The first-order valence-electron chi connectivity index (χ1n) is 7.81. The minimum absolute atomic E-state index is 0.255. The van der Waals surface area contributed by atoms with E-state index in [1.165, 1.54) is 0 Å². The predicted molar refractivity (Wildman–Crippen MR) is 81.6 cm³/mol. The fraction of sp³-hybridized carbons (Fsp3) is 0.529. The normalized spacial score (nSPS) is 23.5. The summed E-state index contributed by atoms with van der Waals surface area (Å²) in [5.41, 5.74) is 3.98. The van der Waals surface area contributed by atoms with E-state index in [1.807, 2.05) is 11.0 Å². The van der Waals surface area contributed by atoms with Gasteiger partial charge in [-0.3, -0.25) is 14.8 Å². The first-order valence-corrected chi connectivity index (χ1v) is 7.81. The number of hydrogen-bond donors (Lipinski definition) is 2. The van der Waals surface area contributed by atoms with Crippen molar-refractivity contribution in [1.29, 1.82) is 0 Å². The molecule has 1 unspecified atom stereocenters. The monoisotopic (exact) mass is 302 g/mol. The van der Waals surface area contributed by atoms with E-state index in [-0.39, 0.29) is 11.3 Å². The van der Waals surface area contributed by atoms with Crippen LogP contribution in [0.15, 0.2) is 18.2 Å². The largest absolute Gasteiger partial charge is 0.342 e. The third-order valence-corrected chi connectivity index (χ3v) is 4.81. The summed E-state index contributed by atoms with van der Waals surface area (Å²) in [4.78, 5) is 26.3. The van der Waals surface area contributed by atoms with Crippen LogP contribution in [0, 0.1) is 11.3 Å². The molecule has 118 valence electrons. The topological polar surface area (TPSA) is 69.6 Å². The summed E-state index contributed by atoms with van der Waals surface area (Å²) < 4.78 is 0. The summed E-state index contributed by atoms with van der Waals surface area (Å²) >= 11 is 0. The van der Waals surface area contributed by atoms with E-state index in [9.17, 15) is 9.59 Å². The standard InChI is InChI=1S/C17H22N2O3/c1-11(2)10-19-6-5-17(16(19)21)8-13-4-3-12(15(20)18-22)7-14(13)9-17/h3-4,7,11,22H,5-6,8-10H2,1-2H3,(H,18,20). The highest BCUT2D eigenvalue weighted by Gasteiger charge is 2.49. The Morgan fingerprint density at radius 1 is 1.36 bits per heavy atom. The molecule has 2 N–H and O–H groups in total. The van der Waals surface area contributed by atoms with Crippen molar-refractivity contribution >= 4 is 11.8 Å². The molecule has 1 aliphatic carbocycles. The van der Waals surface area contributed by atoms with Crippen LogP contribution in [0.5, 0.6) is 0 Å². The lowest BCUT2D eigenvalue weighted by Gasteiger charge is -2.23. The van der Waals surface area contributed by atoms with Crippen LogP contribution < -0.4 is 5.48 Å². The Balaban J connectivity index is 1.82. The molecule has 1 aliphatic heterocycles. The van der Waals surface area contributed by atoms with Crippen molar-refractivity contribution in [2.45, 2.75) is 33.1 Å². The van der Waals surface area contributed by atoms with Crippen LogP contribution in [0.25, 0.3) is 0 Å². The molecule has 0 aromatic heterocycles. The van der Waals surface area contributed by atoms with Crippen LogP contribution in [-0.4, -0.2) is 35.0 Å². The maximum absolute atomic E-state index is 12.8. The molecule has 0 bridgehead atoms. The van der Waals surface area contributed by atoms with Crippen LogP contribution in [-0.2, 0) is 17.6 Å². The van der Waals surface area contributed by atoms with Crippen molar-refractivity contribution in [3.63, 3.8) is 0 Å². The van der Waals surface area contributed by atoms with E-state index < -0.39 is 5.91 Å². The van der Waals surface area contributed by atoms with Gasteiger partial charge in [0.05, 0.1) is 5.41 Å². The van der Waals surface area contributed by atoms with Gasteiger partial charge in [-0.15, -0.1) is 0 Å². The highest BCUT2D eigenvalue weighted by molar-refractivity contribution is 5.94. The Bertz CT molecular complexity index is 626.